The van der Waals surface area contributed by atoms with Gasteiger partial charge in [-0.25, -0.2) is 8.78 Å². The van der Waals surface area contributed by atoms with Crippen molar-refractivity contribution in [3.8, 4) is 0 Å². The number of hydrogen-bond acceptors (Lipinski definition) is 2. The van der Waals surface area contributed by atoms with Crippen LogP contribution in [0.3, 0.4) is 0 Å². The molecule has 4 heteroatoms. The average Bonchev–Trinajstić information content (AvgIpc) is 2.26. The lowest BCUT2D eigenvalue weighted by Crippen LogP contribution is -2.40. The van der Waals surface area contributed by atoms with Crippen LogP contribution >= 0.6 is 0 Å². The van der Waals surface area contributed by atoms with Crippen LogP contribution in [0.15, 0.2) is 12.1 Å². The van der Waals surface area contributed by atoms with Crippen LogP contribution in [0, 0.1) is 18.6 Å². The van der Waals surface area contributed by atoms with Gasteiger partial charge in [0.2, 0.25) is 0 Å². The molecule has 0 aliphatic rings. The average molecular weight is 256 g/mol. The molecule has 0 saturated carbocycles. The lowest BCUT2D eigenvalue weighted by Gasteiger charge is -2.20. The molecular formula is C14H22F2N2. The largest absolute Gasteiger partial charge is 0.311 e. The van der Waals surface area contributed by atoms with Crippen LogP contribution in [-0.2, 0) is 6.54 Å². The molecule has 0 unspecified atom stereocenters. The molecule has 1 aromatic rings. The summed E-state index contributed by atoms with van der Waals surface area (Å²) in [6.45, 7) is 9.51. The van der Waals surface area contributed by atoms with Gasteiger partial charge in [-0.1, -0.05) is 6.07 Å². The third-order valence-corrected chi connectivity index (χ3v) is 2.64. The summed E-state index contributed by atoms with van der Waals surface area (Å²) in [6, 6.07) is 2.76. The fourth-order valence-corrected chi connectivity index (χ4v) is 1.62. The number of halogens is 2. The molecule has 0 aliphatic carbocycles. The Kier molecular flexibility index (Phi) is 5.23. The second-order valence-corrected chi connectivity index (χ2v) is 5.51. The smallest absolute Gasteiger partial charge is 0.133 e. The summed E-state index contributed by atoms with van der Waals surface area (Å²) >= 11 is 0. The maximum Gasteiger partial charge on any atom is 0.133 e. The highest BCUT2D eigenvalue weighted by molar-refractivity contribution is 5.26. The van der Waals surface area contributed by atoms with E-state index in [4.69, 9.17) is 0 Å². The van der Waals surface area contributed by atoms with E-state index in [9.17, 15) is 8.78 Å². The summed E-state index contributed by atoms with van der Waals surface area (Å²) in [6.07, 6.45) is 0. The highest BCUT2D eigenvalue weighted by Gasteiger charge is 2.11. The van der Waals surface area contributed by atoms with Crippen molar-refractivity contribution in [2.24, 2.45) is 0 Å². The van der Waals surface area contributed by atoms with Gasteiger partial charge in [-0.3, -0.25) is 0 Å². The van der Waals surface area contributed by atoms with Crippen molar-refractivity contribution >= 4 is 0 Å². The Bertz CT molecular complexity index is 398. The first kappa shape index (κ1) is 15.1. The van der Waals surface area contributed by atoms with E-state index in [0.29, 0.717) is 12.1 Å². The quantitative estimate of drug-likeness (QED) is 0.792. The zero-order valence-corrected chi connectivity index (χ0v) is 11.5. The first-order valence-electron chi connectivity index (χ1n) is 6.20. The van der Waals surface area contributed by atoms with E-state index in [2.05, 4.69) is 31.4 Å². The molecule has 0 saturated heterocycles. The molecule has 0 atom stereocenters. The molecule has 2 N–H and O–H groups in total. The Labute approximate surface area is 108 Å². The number of hydrogen-bond donors (Lipinski definition) is 2. The van der Waals surface area contributed by atoms with Crippen LogP contribution in [0.4, 0.5) is 8.78 Å². The lowest BCUT2D eigenvalue weighted by atomic mass is 10.1. The van der Waals surface area contributed by atoms with Crippen LogP contribution in [0.25, 0.3) is 0 Å². The lowest BCUT2D eigenvalue weighted by molar-refractivity contribution is 0.419. The molecule has 0 heterocycles. The van der Waals surface area contributed by atoms with Crippen molar-refractivity contribution in [1.29, 1.82) is 0 Å². The number of rotatable bonds is 5. The zero-order chi connectivity index (χ0) is 13.8. The highest BCUT2D eigenvalue weighted by atomic mass is 19.1. The van der Waals surface area contributed by atoms with E-state index in [1.165, 1.54) is 12.1 Å². The Morgan fingerprint density at radius 2 is 1.78 bits per heavy atom. The van der Waals surface area contributed by atoms with Gasteiger partial charge >= 0.3 is 0 Å². The summed E-state index contributed by atoms with van der Waals surface area (Å²) in [4.78, 5) is 0. The summed E-state index contributed by atoms with van der Waals surface area (Å²) in [5.74, 6) is -0.944. The van der Waals surface area contributed by atoms with Gasteiger partial charge in [-0.05, 0) is 39.3 Å². The summed E-state index contributed by atoms with van der Waals surface area (Å²) in [5.41, 5.74) is 0.647. The fraction of sp³-hybridized carbons (Fsp3) is 0.571. The summed E-state index contributed by atoms with van der Waals surface area (Å²) < 4.78 is 27.1. The van der Waals surface area contributed by atoms with Crippen molar-refractivity contribution in [2.75, 3.05) is 13.1 Å². The normalized spacial score (nSPS) is 11.9. The Morgan fingerprint density at radius 3 is 2.39 bits per heavy atom. The third-order valence-electron chi connectivity index (χ3n) is 2.64. The third kappa shape index (κ3) is 4.70. The SMILES string of the molecule is Cc1ccc(F)c(CNCCNC(C)(C)C)c1F. The van der Waals surface area contributed by atoms with Gasteiger partial charge in [0.25, 0.3) is 0 Å². The zero-order valence-electron chi connectivity index (χ0n) is 11.5. The van der Waals surface area contributed by atoms with Crippen LogP contribution in [0.2, 0.25) is 0 Å². The van der Waals surface area contributed by atoms with E-state index in [0.717, 1.165) is 6.54 Å². The minimum atomic E-state index is -0.491. The molecule has 0 spiro atoms. The second-order valence-electron chi connectivity index (χ2n) is 5.51. The Balaban J connectivity index is 2.43. The maximum atomic E-state index is 13.7. The molecule has 0 aromatic heterocycles. The molecular weight excluding hydrogens is 234 g/mol. The van der Waals surface area contributed by atoms with E-state index in [1.54, 1.807) is 6.92 Å². The summed E-state index contributed by atoms with van der Waals surface area (Å²) in [5, 5.41) is 6.34. The molecule has 0 amide bonds. The monoisotopic (exact) mass is 256 g/mol. The molecule has 18 heavy (non-hydrogen) atoms. The molecule has 0 bridgehead atoms. The van der Waals surface area contributed by atoms with Crippen molar-refractivity contribution in [1.82, 2.24) is 10.6 Å². The van der Waals surface area contributed by atoms with Crippen LogP contribution in [0.1, 0.15) is 31.9 Å². The van der Waals surface area contributed by atoms with E-state index in [1.807, 2.05) is 0 Å². The predicted octanol–water partition coefficient (Wildman–Crippen LogP) is 2.75. The van der Waals surface area contributed by atoms with Crippen LogP contribution < -0.4 is 10.6 Å². The topological polar surface area (TPSA) is 24.1 Å². The number of aryl methyl sites for hydroxylation is 1. The van der Waals surface area contributed by atoms with E-state index < -0.39 is 11.6 Å². The first-order valence-corrected chi connectivity index (χ1v) is 6.20. The van der Waals surface area contributed by atoms with Gasteiger partial charge in [-0.2, -0.15) is 0 Å². The minimum absolute atomic E-state index is 0.0571. The van der Waals surface area contributed by atoms with Gasteiger partial charge in [0, 0.05) is 30.7 Å². The minimum Gasteiger partial charge on any atom is -0.311 e. The molecule has 0 fully saturated rings. The van der Waals surface area contributed by atoms with E-state index in [-0.39, 0.29) is 17.6 Å². The predicted molar refractivity (Wildman–Crippen MR) is 70.6 cm³/mol. The van der Waals surface area contributed by atoms with Gasteiger partial charge in [0.15, 0.2) is 0 Å². The number of benzene rings is 1. The van der Waals surface area contributed by atoms with Gasteiger partial charge in [-0.15, -0.1) is 0 Å². The molecule has 2 nitrogen and oxygen atoms in total. The molecule has 1 rings (SSSR count). The first-order chi connectivity index (χ1) is 8.31. The van der Waals surface area contributed by atoms with Crippen molar-refractivity contribution in [2.45, 2.75) is 39.8 Å². The highest BCUT2D eigenvalue weighted by Crippen LogP contribution is 2.15. The summed E-state index contributed by atoms with van der Waals surface area (Å²) in [7, 11) is 0. The molecule has 0 radical (unpaired) electrons. The van der Waals surface area contributed by atoms with Gasteiger partial charge in [0.1, 0.15) is 11.6 Å². The standard InChI is InChI=1S/C14H22F2N2/c1-10-5-6-12(15)11(13(10)16)9-17-7-8-18-14(2,3)4/h5-6,17-18H,7-9H2,1-4H3. The van der Waals surface area contributed by atoms with E-state index >= 15 is 0 Å². The second kappa shape index (κ2) is 6.25. The van der Waals surface area contributed by atoms with Crippen molar-refractivity contribution in [3.63, 3.8) is 0 Å². The van der Waals surface area contributed by atoms with Crippen LogP contribution in [0.5, 0.6) is 0 Å². The Morgan fingerprint density at radius 1 is 1.11 bits per heavy atom. The van der Waals surface area contributed by atoms with Gasteiger partial charge in [0.05, 0.1) is 0 Å². The van der Waals surface area contributed by atoms with Crippen molar-refractivity contribution in [3.05, 3.63) is 34.9 Å². The fourth-order valence-electron chi connectivity index (χ4n) is 1.62. The van der Waals surface area contributed by atoms with Crippen LogP contribution in [-0.4, -0.2) is 18.6 Å². The van der Waals surface area contributed by atoms with Gasteiger partial charge < -0.3 is 10.6 Å². The molecule has 0 aliphatic heterocycles. The Hall–Kier alpha value is -1.00. The number of nitrogens with one attached hydrogen (secondary N) is 2. The molecule has 102 valence electrons. The maximum absolute atomic E-state index is 13.7. The molecule has 1 aromatic carbocycles. The van der Waals surface area contributed by atoms with Crippen molar-refractivity contribution < 1.29 is 8.78 Å².